The number of hydrogen-bond acceptors (Lipinski definition) is 4. The molecule has 2 unspecified atom stereocenters. The summed E-state index contributed by atoms with van der Waals surface area (Å²) in [4.78, 5) is 12.9. The van der Waals surface area contributed by atoms with Crippen molar-refractivity contribution in [3.63, 3.8) is 0 Å². The van der Waals surface area contributed by atoms with E-state index in [4.69, 9.17) is 4.99 Å². The quantitative estimate of drug-likeness (QED) is 0.155. The number of aryl methyl sites for hydroxylation is 1. The Morgan fingerprint density at radius 3 is 1.43 bits per heavy atom. The van der Waals surface area contributed by atoms with Crippen molar-refractivity contribution in [1.29, 1.82) is 0 Å². The van der Waals surface area contributed by atoms with E-state index in [1.807, 2.05) is 6.21 Å². The summed E-state index contributed by atoms with van der Waals surface area (Å²) in [6, 6.07) is 73.8. The molecule has 9 aromatic rings. The molecule has 0 saturated carbocycles. The molecule has 4 aliphatic heterocycles. The summed E-state index contributed by atoms with van der Waals surface area (Å²) < 4.78 is 0. The Kier molecular flexibility index (Phi) is 12.8. The molecule has 14 rings (SSSR count). The zero-order chi connectivity index (χ0) is 60.9. The van der Waals surface area contributed by atoms with E-state index in [1.165, 1.54) is 117 Å². The summed E-state index contributed by atoms with van der Waals surface area (Å²) in [6.07, 6.45) is 6.74. The van der Waals surface area contributed by atoms with Gasteiger partial charge in [0.05, 0.1) is 16.9 Å². The minimum absolute atomic E-state index is 0.0866. The van der Waals surface area contributed by atoms with Crippen LogP contribution in [0.25, 0.3) is 27.8 Å². The Morgan fingerprint density at radius 2 is 0.920 bits per heavy atom. The monoisotopic (exact) mass is 1130 g/mol. The first-order valence-corrected chi connectivity index (χ1v) is 31.7. The fraction of sp³-hybridized carbons (Fsp3) is 0.280. The van der Waals surface area contributed by atoms with Gasteiger partial charge < -0.3 is 14.7 Å². The average molecular weight is 1140 g/mol. The largest absolute Gasteiger partial charge is 0.330 e. The second-order valence-corrected chi connectivity index (χ2v) is 30.1. The van der Waals surface area contributed by atoms with Crippen LogP contribution in [0.4, 0.5) is 45.5 Å². The number of benzene rings is 9. The topological polar surface area (TPSA) is 22.1 Å². The Balaban J connectivity index is 1.16. The minimum atomic E-state index is -0.507. The van der Waals surface area contributed by atoms with Crippen LogP contribution in [0.2, 0.25) is 0 Å². The third kappa shape index (κ3) is 8.95. The molecular weight excluding hydrogens is 1050 g/mol. The lowest BCUT2D eigenvalue weighted by molar-refractivity contribution is 0.245. The van der Waals surface area contributed by atoms with Crippen molar-refractivity contribution in [3.05, 3.63) is 251 Å². The van der Waals surface area contributed by atoms with Gasteiger partial charge in [-0.25, -0.2) is 0 Å². The lowest BCUT2D eigenvalue weighted by Crippen LogP contribution is -2.61. The van der Waals surface area contributed by atoms with Crippen LogP contribution in [0.3, 0.4) is 0 Å². The van der Waals surface area contributed by atoms with Crippen molar-refractivity contribution in [3.8, 4) is 22.3 Å². The van der Waals surface area contributed by atoms with Gasteiger partial charge in [0.15, 0.2) is 0 Å². The first-order valence-electron chi connectivity index (χ1n) is 31.7. The zero-order valence-corrected chi connectivity index (χ0v) is 53.7. The van der Waals surface area contributed by atoms with Gasteiger partial charge in [0.1, 0.15) is 0 Å². The zero-order valence-electron chi connectivity index (χ0n) is 53.7. The first-order chi connectivity index (χ1) is 41.3. The predicted molar refractivity (Wildman–Crippen MR) is 374 cm³/mol. The average Bonchev–Trinajstić information content (AvgIpc) is 1.68. The van der Waals surface area contributed by atoms with Gasteiger partial charge in [-0.1, -0.05) is 224 Å². The van der Waals surface area contributed by atoms with Crippen LogP contribution in [0.15, 0.2) is 211 Å². The predicted octanol–water partition coefficient (Wildman–Crippen LogP) is 19.9. The van der Waals surface area contributed by atoms with Crippen molar-refractivity contribution in [1.82, 2.24) is 0 Å². The maximum absolute atomic E-state index is 4.70. The molecule has 9 aromatic carbocycles. The van der Waals surface area contributed by atoms with Gasteiger partial charge in [-0.2, -0.15) is 0 Å². The fourth-order valence-corrected chi connectivity index (χ4v) is 15.3. The van der Waals surface area contributed by atoms with Crippen molar-refractivity contribution in [2.75, 3.05) is 14.7 Å². The van der Waals surface area contributed by atoms with Crippen molar-refractivity contribution < 1.29 is 0 Å². The van der Waals surface area contributed by atoms with Gasteiger partial charge in [0, 0.05) is 69.5 Å². The van der Waals surface area contributed by atoms with Crippen LogP contribution in [-0.2, 0) is 39.0 Å². The van der Waals surface area contributed by atoms with Crippen LogP contribution < -0.4 is 31.1 Å². The summed E-state index contributed by atoms with van der Waals surface area (Å²) in [5, 5.41) is 0. The van der Waals surface area contributed by atoms with Crippen LogP contribution in [0.5, 0.6) is 0 Å². The Morgan fingerprint density at radius 1 is 0.448 bits per heavy atom. The van der Waals surface area contributed by atoms with E-state index < -0.39 is 5.54 Å². The SMILES string of the molecule is C=C1C=NC=C(c2ccc3c(c2)C2(C)CCc4ccccc4C2(C)N3c2cc3c4c(c2)N(c2ccc(C(C)(C)C)cc2-c2ccccc2)c2cc(C(C)(C)C)ccc2B4c2ccc(C(C)(C)C)cc2N3c2ccc(C(C)(C)C)cc2-c2ccccc2)C1. The number of anilines is 8. The molecule has 0 fully saturated rings. The number of rotatable bonds is 6. The standard InChI is InChI=1S/C82H83BN4/c1-52-42-57(51-84-50-52)56-30-37-71-66(43-56)81(14)41-40-55-28-22-23-29-65(55)82(81,15)87(71)62-48-74-76-75(49-62)86(70-39-34-59(78(5,6)7)45-64(70)54-26-20-17-21-27-54)73-47-61(80(11,12)13)32-36-68(73)83(76)67-35-31-60(79(8,9)10)46-72(67)85(74)69-38-33-58(77(2,3)4)44-63(69)53-24-18-16-19-25-53/h16-39,43-51H,1,40-42H2,2-15H3. The Bertz CT molecular complexity index is 4170. The molecule has 0 radical (unpaired) electrons. The van der Waals surface area contributed by atoms with Crippen LogP contribution >= 0.6 is 0 Å². The van der Waals surface area contributed by atoms with E-state index in [0.29, 0.717) is 0 Å². The van der Waals surface area contributed by atoms with E-state index in [-0.39, 0.29) is 33.8 Å². The third-order valence-electron chi connectivity index (χ3n) is 20.5. The maximum Gasteiger partial charge on any atom is 0.252 e. The minimum Gasteiger partial charge on any atom is -0.330 e. The van der Waals surface area contributed by atoms with E-state index >= 15 is 0 Å². The maximum atomic E-state index is 4.70. The number of hydrogen-bond donors (Lipinski definition) is 0. The molecule has 4 heterocycles. The Labute approximate surface area is 519 Å². The fourth-order valence-electron chi connectivity index (χ4n) is 15.3. The third-order valence-corrected chi connectivity index (χ3v) is 20.5. The second-order valence-electron chi connectivity index (χ2n) is 30.1. The Hall–Kier alpha value is -8.41. The van der Waals surface area contributed by atoms with E-state index in [9.17, 15) is 0 Å². The molecular formula is C82H83BN4. The van der Waals surface area contributed by atoms with Crippen molar-refractivity contribution >= 4 is 80.4 Å². The number of nitrogens with zero attached hydrogens (tertiary/aromatic N) is 4. The number of fused-ring (bicyclic) bond motifs is 9. The summed E-state index contributed by atoms with van der Waals surface area (Å²) >= 11 is 0. The van der Waals surface area contributed by atoms with Gasteiger partial charge >= 0.3 is 0 Å². The molecule has 2 atom stereocenters. The highest BCUT2D eigenvalue weighted by Gasteiger charge is 2.60. The molecule has 87 heavy (non-hydrogen) atoms. The molecule has 434 valence electrons. The van der Waals surface area contributed by atoms with E-state index in [1.54, 1.807) is 0 Å². The molecule has 5 heteroatoms. The van der Waals surface area contributed by atoms with Gasteiger partial charge in [0.2, 0.25) is 0 Å². The highest BCUT2D eigenvalue weighted by molar-refractivity contribution is 7.00. The number of aliphatic imine (C=N–C) groups is 1. The molecule has 1 aliphatic carbocycles. The lowest BCUT2D eigenvalue weighted by Gasteiger charge is -2.52. The normalized spacial score (nSPS) is 18.6. The highest BCUT2D eigenvalue weighted by Crippen LogP contribution is 2.65. The molecule has 0 aromatic heterocycles. The molecule has 0 amide bonds. The lowest BCUT2D eigenvalue weighted by atomic mass is 9.33. The van der Waals surface area contributed by atoms with Gasteiger partial charge in [-0.3, -0.25) is 4.99 Å². The second kappa shape index (κ2) is 19.8. The van der Waals surface area contributed by atoms with Crippen LogP contribution in [-0.4, -0.2) is 12.9 Å². The molecule has 5 aliphatic rings. The van der Waals surface area contributed by atoms with Crippen molar-refractivity contribution in [2.45, 2.75) is 149 Å². The summed E-state index contributed by atoms with van der Waals surface area (Å²) in [5.41, 5.74) is 29.9. The molecule has 4 nitrogen and oxygen atoms in total. The molecule has 0 bridgehead atoms. The van der Waals surface area contributed by atoms with Gasteiger partial charge in [0.25, 0.3) is 6.71 Å². The first kappa shape index (κ1) is 56.4. The molecule has 0 saturated heterocycles. The van der Waals surface area contributed by atoms with Gasteiger partial charge in [-0.15, -0.1) is 0 Å². The van der Waals surface area contributed by atoms with Crippen LogP contribution in [0.1, 0.15) is 154 Å². The number of allylic oxidation sites excluding steroid dienone is 2. The highest BCUT2D eigenvalue weighted by atomic mass is 15.3. The van der Waals surface area contributed by atoms with Crippen LogP contribution in [0, 0.1) is 0 Å². The molecule has 0 spiro atoms. The van der Waals surface area contributed by atoms with E-state index in [2.05, 4.69) is 312 Å². The summed E-state index contributed by atoms with van der Waals surface area (Å²) in [5.74, 6) is 0. The summed E-state index contributed by atoms with van der Waals surface area (Å²) in [6.45, 7) is 37.6. The van der Waals surface area contributed by atoms with Gasteiger partial charge in [-0.05, 0) is 185 Å². The smallest absolute Gasteiger partial charge is 0.252 e. The summed E-state index contributed by atoms with van der Waals surface area (Å²) in [7, 11) is 0. The van der Waals surface area contributed by atoms with E-state index in [0.717, 1.165) is 41.9 Å². The molecule has 0 N–H and O–H groups in total. The van der Waals surface area contributed by atoms with Crippen molar-refractivity contribution in [2.24, 2.45) is 4.99 Å².